The second-order valence-corrected chi connectivity index (χ2v) is 4.04. The molecule has 1 aromatic heterocycles. The number of fused-ring (bicyclic) bond motifs is 1. The summed E-state index contributed by atoms with van der Waals surface area (Å²) in [4.78, 5) is 6.49. The van der Waals surface area contributed by atoms with Crippen LogP contribution in [0.25, 0.3) is 0 Å². The first-order valence-corrected chi connectivity index (χ1v) is 5.00. The van der Waals surface area contributed by atoms with Crippen molar-refractivity contribution in [3.05, 3.63) is 16.7 Å². The summed E-state index contributed by atoms with van der Waals surface area (Å²) in [5, 5.41) is 0. The van der Waals surface area contributed by atoms with Gasteiger partial charge in [0, 0.05) is 7.05 Å². The van der Waals surface area contributed by atoms with Gasteiger partial charge in [-0.15, -0.1) is 0 Å². The zero-order valence-corrected chi connectivity index (χ0v) is 9.21. The first-order valence-electron chi connectivity index (χ1n) is 4.20. The number of ether oxygens (including phenoxy) is 1. The minimum Gasteiger partial charge on any atom is -0.488 e. The molecule has 2 heterocycles. The van der Waals surface area contributed by atoms with Gasteiger partial charge < -0.3 is 9.64 Å². The standard InChI is InChI=1S/C9H11BrN2O/c1-6-5-13-7-3-4-8(10)11-9(7)12(6)2/h3-4,6H,5H2,1-2H3/t6-/m1/s1. The van der Waals surface area contributed by atoms with Crippen LogP contribution in [0.2, 0.25) is 0 Å². The Balaban J connectivity index is 2.45. The first-order chi connectivity index (χ1) is 6.18. The van der Waals surface area contributed by atoms with Gasteiger partial charge in [-0.1, -0.05) is 0 Å². The number of halogens is 1. The quantitative estimate of drug-likeness (QED) is 0.652. The molecule has 0 unspecified atom stereocenters. The summed E-state index contributed by atoms with van der Waals surface area (Å²) in [5.74, 6) is 1.77. The largest absolute Gasteiger partial charge is 0.488 e. The van der Waals surface area contributed by atoms with Gasteiger partial charge in [-0.05, 0) is 35.0 Å². The molecule has 0 aliphatic carbocycles. The third-order valence-corrected chi connectivity index (χ3v) is 2.72. The number of nitrogens with zero attached hydrogens (tertiary/aromatic N) is 2. The van der Waals surface area contributed by atoms with Gasteiger partial charge in [0.2, 0.25) is 0 Å². The summed E-state index contributed by atoms with van der Waals surface area (Å²) in [5.41, 5.74) is 0. The Labute approximate surface area is 85.8 Å². The number of hydrogen-bond acceptors (Lipinski definition) is 3. The van der Waals surface area contributed by atoms with E-state index in [0.717, 1.165) is 22.8 Å². The summed E-state index contributed by atoms with van der Waals surface area (Å²) in [7, 11) is 2.03. The van der Waals surface area contributed by atoms with E-state index in [9.17, 15) is 0 Å². The van der Waals surface area contributed by atoms with Crippen LogP contribution in [-0.4, -0.2) is 24.7 Å². The molecule has 0 spiro atoms. The second kappa shape index (κ2) is 3.18. The van der Waals surface area contributed by atoms with Crippen molar-refractivity contribution in [2.45, 2.75) is 13.0 Å². The van der Waals surface area contributed by atoms with Crippen LogP contribution in [0.15, 0.2) is 16.7 Å². The minimum atomic E-state index is 0.384. The van der Waals surface area contributed by atoms with Crippen molar-refractivity contribution in [3.8, 4) is 5.75 Å². The lowest BCUT2D eigenvalue weighted by molar-refractivity contribution is 0.272. The SMILES string of the molecule is C[C@@H]1COc2ccc(Br)nc2N1C. The Morgan fingerprint density at radius 1 is 1.62 bits per heavy atom. The highest BCUT2D eigenvalue weighted by molar-refractivity contribution is 9.10. The molecule has 0 fully saturated rings. The van der Waals surface area contributed by atoms with E-state index in [1.54, 1.807) is 0 Å². The monoisotopic (exact) mass is 242 g/mol. The van der Waals surface area contributed by atoms with Crippen molar-refractivity contribution in [2.24, 2.45) is 0 Å². The molecule has 0 saturated heterocycles. The van der Waals surface area contributed by atoms with Gasteiger partial charge in [0.05, 0.1) is 6.04 Å². The van der Waals surface area contributed by atoms with Crippen LogP contribution in [0.4, 0.5) is 5.82 Å². The van der Waals surface area contributed by atoms with Crippen molar-refractivity contribution in [1.82, 2.24) is 4.98 Å². The van der Waals surface area contributed by atoms with Crippen molar-refractivity contribution >= 4 is 21.7 Å². The molecule has 1 aliphatic rings. The Morgan fingerprint density at radius 3 is 3.15 bits per heavy atom. The van der Waals surface area contributed by atoms with Crippen molar-refractivity contribution in [2.75, 3.05) is 18.6 Å². The zero-order valence-electron chi connectivity index (χ0n) is 7.62. The van der Waals surface area contributed by atoms with Crippen LogP contribution >= 0.6 is 15.9 Å². The van der Waals surface area contributed by atoms with Crippen molar-refractivity contribution < 1.29 is 4.74 Å². The van der Waals surface area contributed by atoms with Crippen LogP contribution in [0.3, 0.4) is 0 Å². The molecular formula is C9H11BrN2O. The Bertz CT molecular complexity index is 329. The molecule has 0 aromatic carbocycles. The lowest BCUT2D eigenvalue weighted by atomic mass is 10.2. The lowest BCUT2D eigenvalue weighted by Crippen LogP contribution is -2.38. The molecule has 4 heteroatoms. The van der Waals surface area contributed by atoms with E-state index in [1.807, 2.05) is 19.2 Å². The Hall–Kier alpha value is -0.770. The maximum absolute atomic E-state index is 5.54. The summed E-state index contributed by atoms with van der Waals surface area (Å²) in [6.07, 6.45) is 0. The molecule has 1 aliphatic heterocycles. The number of likely N-dealkylation sites (N-methyl/N-ethyl adjacent to an activating group) is 1. The second-order valence-electron chi connectivity index (χ2n) is 3.23. The van der Waals surface area contributed by atoms with E-state index < -0.39 is 0 Å². The fraction of sp³-hybridized carbons (Fsp3) is 0.444. The van der Waals surface area contributed by atoms with E-state index in [-0.39, 0.29) is 0 Å². The number of aromatic nitrogens is 1. The fourth-order valence-electron chi connectivity index (χ4n) is 1.31. The van der Waals surface area contributed by atoms with E-state index in [1.165, 1.54) is 0 Å². The summed E-state index contributed by atoms with van der Waals surface area (Å²) in [6, 6.07) is 4.21. The molecule has 0 radical (unpaired) electrons. The Morgan fingerprint density at radius 2 is 2.38 bits per heavy atom. The van der Waals surface area contributed by atoms with Gasteiger partial charge in [0.15, 0.2) is 11.6 Å². The maximum atomic E-state index is 5.54. The summed E-state index contributed by atoms with van der Waals surface area (Å²) in [6.45, 7) is 2.85. The topological polar surface area (TPSA) is 25.4 Å². The molecular weight excluding hydrogens is 232 g/mol. The highest BCUT2D eigenvalue weighted by Crippen LogP contribution is 2.31. The van der Waals surface area contributed by atoms with Gasteiger partial charge in [0.25, 0.3) is 0 Å². The third kappa shape index (κ3) is 1.50. The molecule has 0 N–H and O–H groups in total. The minimum absolute atomic E-state index is 0.384. The van der Waals surface area contributed by atoms with Gasteiger partial charge in [0.1, 0.15) is 11.2 Å². The van der Waals surface area contributed by atoms with Gasteiger partial charge in [-0.3, -0.25) is 0 Å². The average Bonchev–Trinajstić information content (AvgIpc) is 2.12. The molecule has 13 heavy (non-hydrogen) atoms. The van der Waals surface area contributed by atoms with Gasteiger partial charge in [-0.25, -0.2) is 4.98 Å². The van der Waals surface area contributed by atoms with E-state index in [2.05, 4.69) is 32.7 Å². The predicted octanol–water partition coefficient (Wildman–Crippen LogP) is 2.06. The van der Waals surface area contributed by atoms with Crippen LogP contribution in [0.5, 0.6) is 5.75 Å². The predicted molar refractivity (Wildman–Crippen MR) is 55.3 cm³/mol. The van der Waals surface area contributed by atoms with Crippen molar-refractivity contribution in [1.29, 1.82) is 0 Å². The maximum Gasteiger partial charge on any atom is 0.172 e. The number of pyridine rings is 1. The van der Waals surface area contributed by atoms with Gasteiger partial charge in [-0.2, -0.15) is 0 Å². The highest BCUT2D eigenvalue weighted by Gasteiger charge is 2.22. The van der Waals surface area contributed by atoms with Crippen LogP contribution in [0.1, 0.15) is 6.92 Å². The number of hydrogen-bond donors (Lipinski definition) is 0. The molecule has 0 saturated carbocycles. The summed E-state index contributed by atoms with van der Waals surface area (Å²) >= 11 is 3.34. The van der Waals surface area contributed by atoms with Gasteiger partial charge >= 0.3 is 0 Å². The average molecular weight is 243 g/mol. The molecule has 2 rings (SSSR count). The molecule has 0 bridgehead atoms. The molecule has 1 atom stereocenters. The highest BCUT2D eigenvalue weighted by atomic mass is 79.9. The van der Waals surface area contributed by atoms with E-state index >= 15 is 0 Å². The molecule has 1 aromatic rings. The summed E-state index contributed by atoms with van der Waals surface area (Å²) < 4.78 is 6.38. The molecule has 3 nitrogen and oxygen atoms in total. The third-order valence-electron chi connectivity index (χ3n) is 2.28. The smallest absolute Gasteiger partial charge is 0.172 e. The zero-order chi connectivity index (χ0) is 9.42. The van der Waals surface area contributed by atoms with E-state index in [4.69, 9.17) is 4.74 Å². The molecule has 70 valence electrons. The normalized spacial score (nSPS) is 20.8. The number of rotatable bonds is 0. The Kier molecular flexibility index (Phi) is 2.15. The van der Waals surface area contributed by atoms with Crippen molar-refractivity contribution in [3.63, 3.8) is 0 Å². The van der Waals surface area contributed by atoms with Crippen LogP contribution in [-0.2, 0) is 0 Å². The van der Waals surface area contributed by atoms with Crippen LogP contribution < -0.4 is 9.64 Å². The first kappa shape index (κ1) is 8.81. The van der Waals surface area contributed by atoms with E-state index in [0.29, 0.717) is 6.04 Å². The fourth-order valence-corrected chi connectivity index (χ4v) is 1.61. The van der Waals surface area contributed by atoms with Crippen LogP contribution in [0, 0.1) is 0 Å². The number of anilines is 1. The lowest BCUT2D eigenvalue weighted by Gasteiger charge is -2.32. The molecule has 0 amide bonds.